The largest absolute Gasteiger partial charge is 0.497 e. The molecular weight excluding hydrogens is 348 g/mol. The number of nitrogens with one attached hydrogen (secondary N) is 1. The highest BCUT2D eigenvalue weighted by Gasteiger charge is 2.30. The maximum atomic E-state index is 12.9. The summed E-state index contributed by atoms with van der Waals surface area (Å²) in [6.45, 7) is 2.46. The van der Waals surface area contributed by atoms with Crippen molar-refractivity contribution < 1.29 is 14.1 Å². The molecule has 1 amide bonds. The fourth-order valence-electron chi connectivity index (χ4n) is 2.98. The van der Waals surface area contributed by atoms with Gasteiger partial charge in [0, 0.05) is 29.6 Å². The third-order valence-electron chi connectivity index (χ3n) is 4.73. The number of fused-ring (bicyclic) bond motifs is 1. The van der Waals surface area contributed by atoms with E-state index in [9.17, 15) is 9.59 Å². The smallest absolute Gasteiger partial charge is 0.259 e. The van der Waals surface area contributed by atoms with Gasteiger partial charge >= 0.3 is 0 Å². The van der Waals surface area contributed by atoms with E-state index in [-0.39, 0.29) is 23.4 Å². The summed E-state index contributed by atoms with van der Waals surface area (Å²) in [4.78, 5) is 34.7. The Balaban J connectivity index is 1.62. The van der Waals surface area contributed by atoms with Crippen molar-refractivity contribution in [2.45, 2.75) is 32.2 Å². The molecule has 8 nitrogen and oxygen atoms in total. The van der Waals surface area contributed by atoms with E-state index in [2.05, 4.69) is 15.1 Å². The summed E-state index contributed by atoms with van der Waals surface area (Å²) in [6, 6.07) is 5.13. The number of methoxy groups -OCH3 is 1. The van der Waals surface area contributed by atoms with Gasteiger partial charge in [-0.15, -0.1) is 0 Å². The number of ether oxygens (including phenoxy) is 1. The van der Waals surface area contributed by atoms with Crippen molar-refractivity contribution in [3.05, 3.63) is 51.9 Å². The van der Waals surface area contributed by atoms with E-state index in [4.69, 9.17) is 9.26 Å². The Morgan fingerprint density at radius 2 is 2.22 bits per heavy atom. The van der Waals surface area contributed by atoms with Crippen LogP contribution in [0.4, 0.5) is 0 Å². The third-order valence-corrected chi connectivity index (χ3v) is 4.73. The van der Waals surface area contributed by atoms with Crippen molar-refractivity contribution in [2.75, 3.05) is 13.7 Å². The molecule has 2 heterocycles. The zero-order chi connectivity index (χ0) is 19.0. The monoisotopic (exact) mass is 368 g/mol. The van der Waals surface area contributed by atoms with Crippen LogP contribution in [0, 0.1) is 0 Å². The number of H-pyrrole nitrogens is 1. The molecule has 27 heavy (non-hydrogen) atoms. The van der Waals surface area contributed by atoms with Gasteiger partial charge in [-0.1, -0.05) is 5.16 Å². The minimum absolute atomic E-state index is 0.0727. The topological polar surface area (TPSA) is 101 Å². The molecule has 0 unspecified atom stereocenters. The predicted octanol–water partition coefficient (Wildman–Crippen LogP) is 2.46. The van der Waals surface area contributed by atoms with Crippen molar-refractivity contribution in [3.8, 4) is 5.75 Å². The lowest BCUT2D eigenvalue weighted by Gasteiger charge is -2.18. The van der Waals surface area contributed by atoms with Crippen LogP contribution in [0.1, 0.15) is 47.8 Å². The highest BCUT2D eigenvalue weighted by molar-refractivity contribution is 5.97. The highest BCUT2D eigenvalue weighted by Crippen LogP contribution is 2.38. The molecule has 1 N–H and O–H groups in total. The second kappa shape index (κ2) is 6.86. The SMILES string of the molecule is CCN(Cc1noc(C2CC2)n1)C(=O)c1c[nH]c2ccc(OC)cc2c1=O. The van der Waals surface area contributed by atoms with Crippen LogP contribution in [0.2, 0.25) is 0 Å². The van der Waals surface area contributed by atoms with Gasteiger partial charge < -0.3 is 19.1 Å². The molecule has 0 saturated heterocycles. The lowest BCUT2D eigenvalue weighted by Crippen LogP contribution is -2.34. The first-order chi connectivity index (χ1) is 13.1. The summed E-state index contributed by atoms with van der Waals surface area (Å²) in [5.74, 6) is 1.62. The van der Waals surface area contributed by atoms with Gasteiger partial charge in [-0.2, -0.15) is 4.98 Å². The number of amides is 1. The third kappa shape index (κ3) is 3.30. The van der Waals surface area contributed by atoms with Crippen LogP contribution in [0.25, 0.3) is 10.9 Å². The van der Waals surface area contributed by atoms with Crippen molar-refractivity contribution in [2.24, 2.45) is 0 Å². The summed E-state index contributed by atoms with van der Waals surface area (Å²) in [5.41, 5.74) is 0.383. The fourth-order valence-corrected chi connectivity index (χ4v) is 2.98. The van der Waals surface area contributed by atoms with Gasteiger partial charge in [0.1, 0.15) is 11.3 Å². The number of benzene rings is 1. The summed E-state index contributed by atoms with van der Waals surface area (Å²) in [5, 5.41) is 4.36. The Morgan fingerprint density at radius 1 is 1.41 bits per heavy atom. The summed E-state index contributed by atoms with van der Waals surface area (Å²) >= 11 is 0. The van der Waals surface area contributed by atoms with Crippen LogP contribution < -0.4 is 10.2 Å². The number of aromatic nitrogens is 3. The molecule has 0 aliphatic heterocycles. The number of carbonyl (C=O) groups excluding carboxylic acids is 1. The summed E-state index contributed by atoms with van der Waals surface area (Å²) in [7, 11) is 1.53. The van der Waals surface area contributed by atoms with Gasteiger partial charge in [0.05, 0.1) is 13.7 Å². The normalized spacial score (nSPS) is 13.7. The Morgan fingerprint density at radius 3 is 2.93 bits per heavy atom. The number of hydrogen-bond donors (Lipinski definition) is 1. The van der Waals surface area contributed by atoms with E-state index < -0.39 is 0 Å². The Hall–Kier alpha value is -3.16. The molecule has 0 spiro atoms. The lowest BCUT2D eigenvalue weighted by atomic mass is 10.1. The molecule has 2 aromatic heterocycles. The van der Waals surface area contributed by atoms with Crippen LogP contribution in [-0.2, 0) is 6.54 Å². The summed E-state index contributed by atoms with van der Waals surface area (Å²) in [6.07, 6.45) is 3.58. The second-order valence-corrected chi connectivity index (χ2v) is 6.59. The maximum Gasteiger partial charge on any atom is 0.259 e. The first-order valence-corrected chi connectivity index (χ1v) is 8.92. The first-order valence-electron chi connectivity index (χ1n) is 8.92. The number of carbonyl (C=O) groups is 1. The van der Waals surface area contributed by atoms with Gasteiger partial charge in [-0.25, -0.2) is 0 Å². The fraction of sp³-hybridized carbons (Fsp3) is 0.368. The van der Waals surface area contributed by atoms with Crippen LogP contribution in [0.15, 0.2) is 33.7 Å². The van der Waals surface area contributed by atoms with Gasteiger partial charge in [-0.3, -0.25) is 9.59 Å². The Bertz CT molecular complexity index is 1050. The summed E-state index contributed by atoms with van der Waals surface area (Å²) < 4.78 is 10.4. The number of nitrogens with zero attached hydrogens (tertiary/aromatic N) is 3. The molecule has 1 fully saturated rings. The molecule has 140 valence electrons. The second-order valence-electron chi connectivity index (χ2n) is 6.59. The first kappa shape index (κ1) is 17.3. The number of aromatic amines is 1. The van der Waals surface area contributed by atoms with E-state index >= 15 is 0 Å². The average molecular weight is 368 g/mol. The molecule has 0 bridgehead atoms. The van der Waals surface area contributed by atoms with Crippen molar-refractivity contribution in [1.29, 1.82) is 0 Å². The molecule has 1 saturated carbocycles. The molecule has 1 aliphatic carbocycles. The molecule has 0 atom stereocenters. The van der Waals surface area contributed by atoms with E-state index in [1.807, 2.05) is 6.92 Å². The van der Waals surface area contributed by atoms with Gasteiger partial charge in [0.2, 0.25) is 11.3 Å². The molecule has 0 radical (unpaired) electrons. The van der Waals surface area contributed by atoms with Crippen LogP contribution >= 0.6 is 0 Å². The predicted molar refractivity (Wildman–Crippen MR) is 97.8 cm³/mol. The molecule has 1 aromatic carbocycles. The van der Waals surface area contributed by atoms with Crippen molar-refractivity contribution in [3.63, 3.8) is 0 Å². The lowest BCUT2D eigenvalue weighted by molar-refractivity contribution is 0.0746. The van der Waals surface area contributed by atoms with Crippen molar-refractivity contribution >= 4 is 16.8 Å². The van der Waals surface area contributed by atoms with Crippen molar-refractivity contribution in [1.82, 2.24) is 20.0 Å². The van der Waals surface area contributed by atoms with Gasteiger partial charge in [0.25, 0.3) is 5.91 Å². The Labute approximate surface area is 155 Å². The number of hydrogen-bond acceptors (Lipinski definition) is 6. The van der Waals surface area contributed by atoms with Crippen LogP contribution in [0.5, 0.6) is 5.75 Å². The average Bonchev–Trinajstić information content (AvgIpc) is 3.44. The molecule has 3 aromatic rings. The van der Waals surface area contributed by atoms with E-state index in [1.54, 1.807) is 18.2 Å². The maximum absolute atomic E-state index is 12.9. The van der Waals surface area contributed by atoms with Crippen LogP contribution in [-0.4, -0.2) is 39.6 Å². The minimum atomic E-state index is -0.374. The molecular formula is C19H20N4O4. The minimum Gasteiger partial charge on any atom is -0.497 e. The van der Waals surface area contributed by atoms with Gasteiger partial charge in [-0.05, 0) is 38.0 Å². The van der Waals surface area contributed by atoms with E-state index in [0.717, 1.165) is 12.8 Å². The standard InChI is InChI=1S/C19H20N4O4/c1-3-23(10-16-21-18(27-22-16)11-4-5-11)19(25)14-9-20-15-7-6-12(26-2)8-13(15)17(14)24/h6-9,11H,3-5,10H2,1-2H3,(H,20,24). The molecule has 8 heteroatoms. The zero-order valence-electron chi connectivity index (χ0n) is 15.2. The highest BCUT2D eigenvalue weighted by atomic mass is 16.5. The number of rotatable bonds is 6. The van der Waals surface area contributed by atoms with E-state index in [0.29, 0.717) is 40.8 Å². The number of pyridine rings is 1. The molecule has 1 aliphatic rings. The Kier molecular flexibility index (Phi) is 4.39. The van der Waals surface area contributed by atoms with Crippen LogP contribution in [0.3, 0.4) is 0 Å². The quantitative estimate of drug-likeness (QED) is 0.717. The molecule has 4 rings (SSSR count). The van der Waals surface area contributed by atoms with Gasteiger partial charge in [0.15, 0.2) is 5.82 Å². The van der Waals surface area contributed by atoms with E-state index in [1.165, 1.54) is 18.2 Å². The zero-order valence-corrected chi connectivity index (χ0v) is 15.2.